The molecule has 0 spiro atoms. The second-order valence-corrected chi connectivity index (χ2v) is 4.41. The van der Waals surface area contributed by atoms with Gasteiger partial charge in [0.1, 0.15) is 0 Å². The van der Waals surface area contributed by atoms with Crippen molar-refractivity contribution in [2.75, 3.05) is 20.2 Å². The van der Waals surface area contributed by atoms with Crippen LogP contribution in [0.4, 0.5) is 0 Å². The Balaban J connectivity index is 4.10. The van der Waals surface area contributed by atoms with Gasteiger partial charge >= 0.3 is 0 Å². The summed E-state index contributed by atoms with van der Waals surface area (Å²) in [5, 5.41) is 9.29. The minimum Gasteiger partial charge on any atom is -0.395 e. The molecule has 0 bridgehead atoms. The van der Waals surface area contributed by atoms with Crippen LogP contribution in [0.5, 0.6) is 0 Å². The fourth-order valence-corrected chi connectivity index (χ4v) is 1.57. The standard InChI is InChI=1S/C11H26N2O/c1-5-6-7-13(4)10(8-14)11(12)9(2)3/h9-11,14H,5-8,12H2,1-4H3. The third kappa shape index (κ3) is 4.40. The summed E-state index contributed by atoms with van der Waals surface area (Å²) < 4.78 is 0. The molecule has 14 heavy (non-hydrogen) atoms. The fraction of sp³-hybridized carbons (Fsp3) is 1.00. The summed E-state index contributed by atoms with van der Waals surface area (Å²) in [5.74, 6) is 0.413. The lowest BCUT2D eigenvalue weighted by molar-refractivity contribution is 0.111. The number of rotatable bonds is 7. The topological polar surface area (TPSA) is 49.5 Å². The quantitative estimate of drug-likeness (QED) is 0.649. The first-order chi connectivity index (χ1) is 6.54. The minimum absolute atomic E-state index is 0.0573. The highest BCUT2D eigenvalue weighted by atomic mass is 16.3. The van der Waals surface area contributed by atoms with Gasteiger partial charge in [0.25, 0.3) is 0 Å². The van der Waals surface area contributed by atoms with Gasteiger partial charge in [-0.05, 0) is 25.9 Å². The summed E-state index contributed by atoms with van der Waals surface area (Å²) in [4.78, 5) is 2.17. The molecular formula is C11H26N2O. The van der Waals surface area contributed by atoms with Gasteiger partial charge in [-0.3, -0.25) is 4.90 Å². The van der Waals surface area contributed by atoms with Crippen molar-refractivity contribution >= 4 is 0 Å². The van der Waals surface area contributed by atoms with E-state index in [0.717, 1.165) is 13.0 Å². The lowest BCUT2D eigenvalue weighted by Gasteiger charge is -2.33. The number of hydrogen-bond donors (Lipinski definition) is 2. The molecule has 0 heterocycles. The Hall–Kier alpha value is -0.120. The first-order valence-corrected chi connectivity index (χ1v) is 5.61. The summed E-state index contributed by atoms with van der Waals surface area (Å²) in [7, 11) is 2.04. The summed E-state index contributed by atoms with van der Waals surface area (Å²) in [6, 6.07) is 0.156. The van der Waals surface area contributed by atoms with Gasteiger partial charge in [0.15, 0.2) is 0 Å². The Kier molecular flexibility index (Phi) is 7.15. The zero-order valence-electron chi connectivity index (χ0n) is 10.0. The lowest BCUT2D eigenvalue weighted by atomic mass is 9.97. The molecule has 2 unspecified atom stereocenters. The molecule has 86 valence electrons. The average Bonchev–Trinajstić information content (AvgIpc) is 2.15. The SMILES string of the molecule is CCCCN(C)C(CO)C(N)C(C)C. The molecule has 0 saturated carbocycles. The van der Waals surface area contributed by atoms with Crippen molar-refractivity contribution in [3.63, 3.8) is 0 Å². The van der Waals surface area contributed by atoms with E-state index in [9.17, 15) is 5.11 Å². The number of unbranched alkanes of at least 4 members (excludes halogenated alkanes) is 1. The molecule has 0 saturated heterocycles. The molecular weight excluding hydrogens is 176 g/mol. The molecule has 0 fully saturated rings. The van der Waals surface area contributed by atoms with Crippen molar-refractivity contribution in [2.24, 2.45) is 11.7 Å². The molecule has 2 atom stereocenters. The zero-order chi connectivity index (χ0) is 11.1. The van der Waals surface area contributed by atoms with Crippen LogP contribution in [0.1, 0.15) is 33.6 Å². The van der Waals surface area contributed by atoms with Crippen LogP contribution in [0.2, 0.25) is 0 Å². The number of nitrogens with two attached hydrogens (primary N) is 1. The van der Waals surface area contributed by atoms with Crippen LogP contribution >= 0.6 is 0 Å². The predicted molar refractivity (Wildman–Crippen MR) is 61.2 cm³/mol. The van der Waals surface area contributed by atoms with Gasteiger partial charge in [-0.1, -0.05) is 27.2 Å². The van der Waals surface area contributed by atoms with Crippen LogP contribution in [0.25, 0.3) is 0 Å². The van der Waals surface area contributed by atoms with E-state index in [1.165, 1.54) is 6.42 Å². The number of nitrogens with zero attached hydrogens (tertiary/aromatic N) is 1. The molecule has 3 heteroatoms. The van der Waals surface area contributed by atoms with Crippen LogP contribution in [0.3, 0.4) is 0 Å². The van der Waals surface area contributed by atoms with Gasteiger partial charge in [-0.2, -0.15) is 0 Å². The van der Waals surface area contributed by atoms with Gasteiger partial charge in [-0.25, -0.2) is 0 Å². The Labute approximate surface area is 88.3 Å². The first-order valence-electron chi connectivity index (χ1n) is 5.61. The van der Waals surface area contributed by atoms with Gasteiger partial charge in [-0.15, -0.1) is 0 Å². The van der Waals surface area contributed by atoms with E-state index in [-0.39, 0.29) is 18.7 Å². The van der Waals surface area contributed by atoms with E-state index in [2.05, 4.69) is 25.7 Å². The van der Waals surface area contributed by atoms with Crippen molar-refractivity contribution in [1.29, 1.82) is 0 Å². The lowest BCUT2D eigenvalue weighted by Crippen LogP contribution is -2.51. The average molecular weight is 202 g/mol. The molecule has 0 aliphatic rings. The number of likely N-dealkylation sites (N-methyl/N-ethyl adjacent to an activating group) is 1. The highest BCUT2D eigenvalue weighted by Gasteiger charge is 2.23. The predicted octanol–water partition coefficient (Wildman–Crippen LogP) is 1.06. The zero-order valence-corrected chi connectivity index (χ0v) is 10.0. The molecule has 0 aliphatic carbocycles. The molecule has 0 rings (SSSR count). The molecule has 0 aromatic rings. The largest absolute Gasteiger partial charge is 0.395 e. The molecule has 0 radical (unpaired) electrons. The van der Waals surface area contributed by atoms with E-state index in [1.54, 1.807) is 0 Å². The molecule has 0 aromatic heterocycles. The highest BCUT2D eigenvalue weighted by molar-refractivity contribution is 4.82. The first kappa shape index (κ1) is 13.9. The van der Waals surface area contributed by atoms with Crippen molar-refractivity contribution in [2.45, 2.75) is 45.7 Å². The van der Waals surface area contributed by atoms with E-state index in [4.69, 9.17) is 5.73 Å². The molecule has 0 aromatic carbocycles. The fourth-order valence-electron chi connectivity index (χ4n) is 1.57. The summed E-state index contributed by atoms with van der Waals surface area (Å²) >= 11 is 0. The van der Waals surface area contributed by atoms with E-state index >= 15 is 0 Å². The number of aliphatic hydroxyl groups excluding tert-OH is 1. The van der Waals surface area contributed by atoms with Crippen LogP contribution < -0.4 is 5.73 Å². The van der Waals surface area contributed by atoms with E-state index in [1.807, 2.05) is 7.05 Å². The minimum atomic E-state index is 0.0573. The van der Waals surface area contributed by atoms with E-state index in [0.29, 0.717) is 5.92 Å². The normalized spacial score (nSPS) is 16.3. The summed E-state index contributed by atoms with van der Waals surface area (Å²) in [5.41, 5.74) is 6.04. The van der Waals surface area contributed by atoms with Crippen LogP contribution in [0, 0.1) is 5.92 Å². The Morgan fingerprint density at radius 2 is 1.93 bits per heavy atom. The molecule has 3 N–H and O–H groups in total. The Morgan fingerprint density at radius 3 is 2.29 bits per heavy atom. The maximum absolute atomic E-state index is 9.29. The third-order valence-electron chi connectivity index (χ3n) is 2.83. The second kappa shape index (κ2) is 7.21. The second-order valence-electron chi connectivity index (χ2n) is 4.41. The third-order valence-corrected chi connectivity index (χ3v) is 2.83. The van der Waals surface area contributed by atoms with Crippen molar-refractivity contribution in [3.8, 4) is 0 Å². The highest BCUT2D eigenvalue weighted by Crippen LogP contribution is 2.09. The monoisotopic (exact) mass is 202 g/mol. The Morgan fingerprint density at radius 1 is 1.36 bits per heavy atom. The smallest absolute Gasteiger partial charge is 0.0601 e. The number of hydrogen-bond acceptors (Lipinski definition) is 3. The van der Waals surface area contributed by atoms with Crippen LogP contribution in [0.15, 0.2) is 0 Å². The van der Waals surface area contributed by atoms with E-state index < -0.39 is 0 Å². The Bertz CT molecular complexity index is 139. The molecule has 0 amide bonds. The summed E-state index contributed by atoms with van der Waals surface area (Å²) in [6.07, 6.45) is 2.34. The molecule has 3 nitrogen and oxygen atoms in total. The van der Waals surface area contributed by atoms with Crippen molar-refractivity contribution in [3.05, 3.63) is 0 Å². The maximum atomic E-state index is 9.29. The number of aliphatic hydroxyl groups is 1. The summed E-state index contributed by atoms with van der Waals surface area (Å²) in [6.45, 7) is 7.54. The van der Waals surface area contributed by atoms with Crippen molar-refractivity contribution in [1.82, 2.24) is 4.90 Å². The maximum Gasteiger partial charge on any atom is 0.0601 e. The van der Waals surface area contributed by atoms with Crippen LogP contribution in [-0.2, 0) is 0 Å². The van der Waals surface area contributed by atoms with Gasteiger partial charge in [0.05, 0.1) is 6.61 Å². The molecule has 0 aliphatic heterocycles. The van der Waals surface area contributed by atoms with Crippen molar-refractivity contribution < 1.29 is 5.11 Å². The van der Waals surface area contributed by atoms with Gasteiger partial charge in [0, 0.05) is 12.1 Å². The van der Waals surface area contributed by atoms with Gasteiger partial charge < -0.3 is 10.8 Å². The van der Waals surface area contributed by atoms with Gasteiger partial charge in [0.2, 0.25) is 0 Å². The van der Waals surface area contributed by atoms with Crippen LogP contribution in [-0.4, -0.2) is 42.3 Å².